The van der Waals surface area contributed by atoms with E-state index in [1.807, 2.05) is 65.6 Å². The Kier molecular flexibility index (Phi) is 5.99. The molecule has 0 spiro atoms. The van der Waals surface area contributed by atoms with Crippen LogP contribution < -0.4 is 10.2 Å². The van der Waals surface area contributed by atoms with E-state index >= 15 is 0 Å². The summed E-state index contributed by atoms with van der Waals surface area (Å²) >= 11 is 0. The lowest BCUT2D eigenvalue weighted by molar-refractivity contribution is 0.0972. The second-order valence-electron chi connectivity index (χ2n) is 5.36. The van der Waals surface area contributed by atoms with Crippen molar-refractivity contribution in [2.24, 2.45) is 0 Å². The molecule has 0 aromatic heterocycles. The molecule has 0 bridgehead atoms. The van der Waals surface area contributed by atoms with Crippen LogP contribution in [0.3, 0.4) is 0 Å². The van der Waals surface area contributed by atoms with E-state index in [9.17, 15) is 4.79 Å². The van der Waals surface area contributed by atoms with Gasteiger partial charge in [0.25, 0.3) is 5.91 Å². The van der Waals surface area contributed by atoms with Crippen molar-refractivity contribution in [3.8, 4) is 0 Å². The van der Waals surface area contributed by atoms with Crippen LogP contribution in [-0.4, -0.2) is 25.0 Å². The lowest BCUT2D eigenvalue weighted by atomic mass is 10.0. The molecule has 3 nitrogen and oxygen atoms in total. The summed E-state index contributed by atoms with van der Waals surface area (Å²) in [6, 6.07) is 19.8. The molecule has 22 heavy (non-hydrogen) atoms. The van der Waals surface area contributed by atoms with Gasteiger partial charge in [0.1, 0.15) is 0 Å². The average Bonchev–Trinajstić information content (AvgIpc) is 2.58. The molecule has 2 aromatic rings. The highest BCUT2D eigenvalue weighted by molar-refractivity contribution is 6.06. The van der Waals surface area contributed by atoms with Gasteiger partial charge in [-0.1, -0.05) is 36.4 Å². The first kappa shape index (κ1) is 16.5. The number of piperidine rings is 1. The third-order valence-electron chi connectivity index (χ3n) is 3.95. The number of carbonyl (C=O) groups is 1. The van der Waals surface area contributed by atoms with Gasteiger partial charge in [-0.15, -0.1) is 12.4 Å². The van der Waals surface area contributed by atoms with Crippen molar-refractivity contribution < 1.29 is 4.79 Å². The Balaban J connectivity index is 0.00000176. The van der Waals surface area contributed by atoms with Crippen LogP contribution in [0.1, 0.15) is 23.2 Å². The van der Waals surface area contributed by atoms with Gasteiger partial charge in [0.2, 0.25) is 0 Å². The zero-order chi connectivity index (χ0) is 14.5. The van der Waals surface area contributed by atoms with Crippen LogP contribution in [-0.2, 0) is 0 Å². The molecule has 116 valence electrons. The molecule has 3 rings (SSSR count). The summed E-state index contributed by atoms with van der Waals surface area (Å²) in [6.45, 7) is 1.94. The molecule has 4 heteroatoms. The van der Waals surface area contributed by atoms with Crippen LogP contribution in [0, 0.1) is 0 Å². The molecule has 1 aliphatic rings. The Hall–Kier alpha value is -1.84. The molecule has 1 amide bonds. The maximum atomic E-state index is 13.0. The van der Waals surface area contributed by atoms with Gasteiger partial charge in [0.15, 0.2) is 0 Å². The predicted molar refractivity (Wildman–Crippen MR) is 92.8 cm³/mol. The Labute approximate surface area is 137 Å². The fraction of sp³-hybridized carbons (Fsp3) is 0.278. The van der Waals surface area contributed by atoms with Crippen LogP contribution >= 0.6 is 12.4 Å². The van der Waals surface area contributed by atoms with Gasteiger partial charge < -0.3 is 10.2 Å². The Bertz CT molecular complexity index is 583. The zero-order valence-electron chi connectivity index (χ0n) is 12.4. The van der Waals surface area contributed by atoms with Gasteiger partial charge in [-0.3, -0.25) is 4.79 Å². The van der Waals surface area contributed by atoms with Crippen LogP contribution in [0.5, 0.6) is 0 Å². The number of nitrogens with zero attached hydrogens (tertiary/aromatic N) is 1. The summed E-state index contributed by atoms with van der Waals surface area (Å²) in [4.78, 5) is 14.9. The number of rotatable bonds is 3. The van der Waals surface area contributed by atoms with Gasteiger partial charge >= 0.3 is 0 Å². The first-order valence-electron chi connectivity index (χ1n) is 7.50. The molecule has 0 saturated carbocycles. The number of hydrogen-bond donors (Lipinski definition) is 1. The topological polar surface area (TPSA) is 32.3 Å². The van der Waals surface area contributed by atoms with E-state index in [2.05, 4.69) is 5.32 Å². The van der Waals surface area contributed by atoms with Crippen LogP contribution in [0.2, 0.25) is 0 Å². The summed E-state index contributed by atoms with van der Waals surface area (Å²) in [5.74, 6) is 0.0914. The molecule has 1 aliphatic heterocycles. The zero-order valence-corrected chi connectivity index (χ0v) is 13.3. The third kappa shape index (κ3) is 3.67. The van der Waals surface area contributed by atoms with E-state index in [0.717, 1.165) is 37.2 Å². The number of halogens is 1. The highest BCUT2D eigenvalue weighted by Crippen LogP contribution is 2.24. The highest BCUT2D eigenvalue weighted by atomic mass is 35.5. The first-order valence-corrected chi connectivity index (χ1v) is 7.50. The Morgan fingerprint density at radius 3 is 2.05 bits per heavy atom. The minimum Gasteiger partial charge on any atom is -0.317 e. The summed E-state index contributed by atoms with van der Waals surface area (Å²) in [7, 11) is 0. The summed E-state index contributed by atoms with van der Waals surface area (Å²) in [5, 5.41) is 3.36. The first-order chi connectivity index (χ1) is 10.4. The van der Waals surface area contributed by atoms with Crippen molar-refractivity contribution in [1.82, 2.24) is 5.32 Å². The maximum absolute atomic E-state index is 13.0. The monoisotopic (exact) mass is 316 g/mol. The number of amides is 1. The molecule has 1 saturated heterocycles. The van der Waals surface area contributed by atoms with E-state index in [1.165, 1.54) is 0 Å². The van der Waals surface area contributed by atoms with Gasteiger partial charge in [-0.2, -0.15) is 0 Å². The van der Waals surface area contributed by atoms with E-state index in [1.54, 1.807) is 0 Å². The van der Waals surface area contributed by atoms with E-state index < -0.39 is 0 Å². The number of hydrogen-bond acceptors (Lipinski definition) is 2. The van der Waals surface area contributed by atoms with Crippen molar-refractivity contribution in [1.29, 1.82) is 0 Å². The minimum absolute atomic E-state index is 0. The lowest BCUT2D eigenvalue weighted by Gasteiger charge is -2.34. The van der Waals surface area contributed by atoms with Gasteiger partial charge in [0.05, 0.1) is 0 Å². The fourth-order valence-electron chi connectivity index (χ4n) is 2.87. The minimum atomic E-state index is 0. The summed E-state index contributed by atoms with van der Waals surface area (Å²) < 4.78 is 0. The number of nitrogens with one attached hydrogen (secondary N) is 1. The quantitative estimate of drug-likeness (QED) is 0.940. The van der Waals surface area contributed by atoms with Crippen LogP contribution in [0.15, 0.2) is 60.7 Å². The summed E-state index contributed by atoms with van der Waals surface area (Å²) in [5.41, 5.74) is 1.73. The number of carbonyl (C=O) groups excluding carboxylic acids is 1. The van der Waals surface area contributed by atoms with E-state index in [-0.39, 0.29) is 24.4 Å². The fourth-order valence-corrected chi connectivity index (χ4v) is 2.87. The van der Waals surface area contributed by atoms with Gasteiger partial charge in [-0.05, 0) is 50.2 Å². The molecule has 1 fully saturated rings. The molecule has 0 unspecified atom stereocenters. The molecular weight excluding hydrogens is 296 g/mol. The van der Waals surface area contributed by atoms with Crippen molar-refractivity contribution >= 4 is 24.0 Å². The molecule has 0 radical (unpaired) electrons. The van der Waals surface area contributed by atoms with Crippen molar-refractivity contribution in [3.63, 3.8) is 0 Å². The van der Waals surface area contributed by atoms with Crippen molar-refractivity contribution in [2.75, 3.05) is 18.0 Å². The van der Waals surface area contributed by atoms with Gasteiger partial charge in [-0.25, -0.2) is 0 Å². The lowest BCUT2D eigenvalue weighted by Crippen LogP contribution is -2.46. The van der Waals surface area contributed by atoms with Crippen LogP contribution in [0.25, 0.3) is 0 Å². The number of para-hydroxylation sites is 1. The molecule has 1 heterocycles. The largest absolute Gasteiger partial charge is 0.317 e. The van der Waals surface area contributed by atoms with E-state index in [4.69, 9.17) is 0 Å². The number of benzene rings is 2. The van der Waals surface area contributed by atoms with Gasteiger partial charge in [0, 0.05) is 17.3 Å². The van der Waals surface area contributed by atoms with Crippen molar-refractivity contribution in [3.05, 3.63) is 66.2 Å². The molecule has 2 aromatic carbocycles. The maximum Gasteiger partial charge on any atom is 0.258 e. The molecule has 1 N–H and O–H groups in total. The van der Waals surface area contributed by atoms with E-state index in [0.29, 0.717) is 0 Å². The highest BCUT2D eigenvalue weighted by Gasteiger charge is 2.27. The SMILES string of the molecule is Cl.O=C(c1ccccc1)N(c1ccccc1)C1CCNCC1. The normalized spacial score (nSPS) is 14.9. The standard InChI is InChI=1S/C18H20N2O.ClH/c21-18(15-7-3-1-4-8-15)20(16-9-5-2-6-10-16)17-11-13-19-14-12-17;/h1-10,17,19H,11-14H2;1H. The molecular formula is C18H21ClN2O. The Morgan fingerprint density at radius 1 is 0.909 bits per heavy atom. The number of anilines is 1. The van der Waals surface area contributed by atoms with Crippen molar-refractivity contribution in [2.45, 2.75) is 18.9 Å². The summed E-state index contributed by atoms with van der Waals surface area (Å²) in [6.07, 6.45) is 1.99. The second kappa shape index (κ2) is 7.97. The smallest absolute Gasteiger partial charge is 0.258 e. The molecule has 0 aliphatic carbocycles. The third-order valence-corrected chi connectivity index (χ3v) is 3.95. The van der Waals surface area contributed by atoms with Crippen LogP contribution in [0.4, 0.5) is 5.69 Å². The predicted octanol–water partition coefficient (Wildman–Crippen LogP) is 3.51. The second-order valence-corrected chi connectivity index (χ2v) is 5.36. The average molecular weight is 317 g/mol. The molecule has 0 atom stereocenters. The Morgan fingerprint density at radius 2 is 1.45 bits per heavy atom.